The molecule has 1 aromatic heterocycles. The normalized spacial score (nSPS) is 21.1. The summed E-state index contributed by atoms with van der Waals surface area (Å²) in [6.45, 7) is 10.4. The molecular weight excluding hydrogens is 338 g/mol. The molecule has 0 amide bonds. The molecule has 4 rings (SSSR count). The van der Waals surface area contributed by atoms with Crippen LogP contribution in [0.25, 0.3) is 10.9 Å². The van der Waals surface area contributed by atoms with Gasteiger partial charge >= 0.3 is 0 Å². The number of piperazine rings is 2. The van der Waals surface area contributed by atoms with Gasteiger partial charge in [0.1, 0.15) is 11.3 Å². The van der Waals surface area contributed by atoms with Crippen molar-refractivity contribution in [2.45, 2.75) is 13.1 Å². The molecule has 1 N–H and O–H groups in total. The molecule has 0 bridgehead atoms. The number of hydrogen-bond donors (Lipinski definition) is 1. The lowest BCUT2D eigenvalue weighted by Crippen LogP contribution is -2.44. The Kier molecular flexibility index (Phi) is 5.59. The summed E-state index contributed by atoms with van der Waals surface area (Å²) in [4.78, 5) is 14.2. The van der Waals surface area contributed by atoms with Crippen LogP contribution in [-0.4, -0.2) is 96.1 Å². The van der Waals surface area contributed by atoms with Crippen molar-refractivity contribution in [3.05, 3.63) is 35.5 Å². The Labute approximate surface area is 162 Å². The average Bonchev–Trinajstić information content (AvgIpc) is 2.69. The first-order valence-electron chi connectivity index (χ1n) is 10.0. The molecule has 0 saturated carbocycles. The van der Waals surface area contributed by atoms with E-state index in [9.17, 15) is 5.11 Å². The highest BCUT2D eigenvalue weighted by Crippen LogP contribution is 2.32. The van der Waals surface area contributed by atoms with Crippen LogP contribution < -0.4 is 0 Å². The van der Waals surface area contributed by atoms with Crippen molar-refractivity contribution in [3.8, 4) is 5.75 Å². The quantitative estimate of drug-likeness (QED) is 0.880. The van der Waals surface area contributed by atoms with Gasteiger partial charge in [-0.2, -0.15) is 0 Å². The predicted octanol–water partition coefficient (Wildman–Crippen LogP) is 1.44. The van der Waals surface area contributed by atoms with Gasteiger partial charge in [0.05, 0.1) is 0 Å². The number of phenols is 1. The fraction of sp³-hybridized carbons (Fsp3) is 0.571. The summed E-state index contributed by atoms with van der Waals surface area (Å²) in [5.74, 6) is 0.353. The van der Waals surface area contributed by atoms with Gasteiger partial charge in [-0.05, 0) is 31.8 Å². The molecule has 2 aromatic rings. The van der Waals surface area contributed by atoms with Crippen LogP contribution in [0, 0.1) is 0 Å². The monoisotopic (exact) mass is 369 g/mol. The summed E-state index contributed by atoms with van der Waals surface area (Å²) >= 11 is 0. The fourth-order valence-corrected chi connectivity index (χ4v) is 4.11. The van der Waals surface area contributed by atoms with Crippen LogP contribution in [0.2, 0.25) is 0 Å². The third kappa shape index (κ3) is 4.24. The molecule has 0 spiro atoms. The van der Waals surface area contributed by atoms with E-state index in [4.69, 9.17) is 0 Å². The zero-order valence-electron chi connectivity index (χ0n) is 16.6. The summed E-state index contributed by atoms with van der Waals surface area (Å²) in [6.07, 6.45) is 1.78. The van der Waals surface area contributed by atoms with Crippen molar-refractivity contribution in [2.24, 2.45) is 0 Å². The van der Waals surface area contributed by atoms with Crippen molar-refractivity contribution < 1.29 is 5.11 Å². The molecule has 2 aliphatic rings. The number of likely N-dealkylation sites (N-methyl/N-ethyl adjacent to an activating group) is 2. The molecule has 2 aliphatic heterocycles. The number of rotatable bonds is 4. The number of aromatic hydroxyl groups is 1. The zero-order chi connectivity index (χ0) is 18.8. The van der Waals surface area contributed by atoms with Crippen molar-refractivity contribution >= 4 is 10.9 Å². The second kappa shape index (κ2) is 8.10. The van der Waals surface area contributed by atoms with Gasteiger partial charge in [-0.25, -0.2) is 0 Å². The molecule has 1 aromatic carbocycles. The van der Waals surface area contributed by atoms with Crippen molar-refractivity contribution in [1.29, 1.82) is 0 Å². The SMILES string of the molecule is CN1CCN(Cc2cc(CN3CCN(C)CC3)c3cccnc3c2O)CC1. The van der Waals surface area contributed by atoms with Crippen LogP contribution in [0.3, 0.4) is 0 Å². The standard InChI is InChI=1S/C21H31N5O/c1-23-6-10-25(11-7-23)15-17-14-18(16-26-12-8-24(2)9-13-26)21(27)20-19(17)4-3-5-22-20/h3-5,14,27H,6-13,15-16H2,1-2H3. The zero-order valence-corrected chi connectivity index (χ0v) is 16.6. The largest absolute Gasteiger partial charge is 0.505 e. The van der Waals surface area contributed by atoms with E-state index < -0.39 is 0 Å². The molecule has 2 fully saturated rings. The van der Waals surface area contributed by atoms with E-state index >= 15 is 0 Å². The first-order chi connectivity index (χ1) is 13.1. The lowest BCUT2D eigenvalue weighted by atomic mass is 10.0. The summed E-state index contributed by atoms with van der Waals surface area (Å²) in [7, 11) is 4.36. The molecule has 2 saturated heterocycles. The molecule has 6 heteroatoms. The second-order valence-corrected chi connectivity index (χ2v) is 8.10. The average molecular weight is 370 g/mol. The van der Waals surface area contributed by atoms with Gasteiger partial charge < -0.3 is 14.9 Å². The van der Waals surface area contributed by atoms with Crippen LogP contribution in [0.15, 0.2) is 24.4 Å². The number of phenolic OH excluding ortho intramolecular Hbond substituents is 1. The molecule has 3 heterocycles. The van der Waals surface area contributed by atoms with E-state index in [1.54, 1.807) is 6.20 Å². The van der Waals surface area contributed by atoms with Crippen molar-refractivity contribution in [1.82, 2.24) is 24.6 Å². The topological polar surface area (TPSA) is 46.1 Å². The maximum absolute atomic E-state index is 10.9. The van der Waals surface area contributed by atoms with Crippen molar-refractivity contribution in [3.63, 3.8) is 0 Å². The second-order valence-electron chi connectivity index (χ2n) is 8.10. The van der Waals surface area contributed by atoms with Gasteiger partial charge in [0.25, 0.3) is 0 Å². The Balaban J connectivity index is 1.60. The molecule has 6 nitrogen and oxygen atoms in total. The molecule has 0 radical (unpaired) electrons. The fourth-order valence-electron chi connectivity index (χ4n) is 4.11. The Morgan fingerprint density at radius 3 is 2.00 bits per heavy atom. The van der Waals surface area contributed by atoms with Crippen LogP contribution in [0.5, 0.6) is 5.75 Å². The van der Waals surface area contributed by atoms with Crippen LogP contribution in [0.4, 0.5) is 0 Å². The van der Waals surface area contributed by atoms with Gasteiger partial charge in [0.2, 0.25) is 0 Å². The van der Waals surface area contributed by atoms with Crippen molar-refractivity contribution in [2.75, 3.05) is 66.5 Å². The lowest BCUT2D eigenvalue weighted by Gasteiger charge is -2.33. The highest BCUT2D eigenvalue weighted by atomic mass is 16.3. The highest BCUT2D eigenvalue weighted by molar-refractivity contribution is 5.88. The summed E-state index contributed by atoms with van der Waals surface area (Å²) in [5, 5.41) is 12.0. The molecular formula is C21H31N5O. The number of hydrogen-bond acceptors (Lipinski definition) is 6. The third-order valence-electron chi connectivity index (χ3n) is 6.01. The Morgan fingerprint density at radius 1 is 0.852 bits per heavy atom. The maximum atomic E-state index is 10.9. The van der Waals surface area contributed by atoms with Gasteiger partial charge in [-0.15, -0.1) is 0 Å². The highest BCUT2D eigenvalue weighted by Gasteiger charge is 2.20. The number of fused-ring (bicyclic) bond motifs is 1. The van der Waals surface area contributed by atoms with E-state index in [-0.39, 0.29) is 0 Å². The van der Waals surface area contributed by atoms with E-state index in [0.717, 1.165) is 81.9 Å². The summed E-state index contributed by atoms with van der Waals surface area (Å²) in [6, 6.07) is 6.28. The van der Waals surface area contributed by atoms with Gasteiger partial charge in [-0.3, -0.25) is 14.8 Å². The summed E-state index contributed by atoms with van der Waals surface area (Å²) < 4.78 is 0. The Hall–Kier alpha value is -1.73. The number of pyridine rings is 1. The Morgan fingerprint density at radius 2 is 1.41 bits per heavy atom. The van der Waals surface area contributed by atoms with Crippen LogP contribution in [-0.2, 0) is 13.1 Å². The molecule has 0 unspecified atom stereocenters. The minimum Gasteiger partial charge on any atom is -0.505 e. The lowest BCUT2D eigenvalue weighted by molar-refractivity contribution is 0.146. The smallest absolute Gasteiger partial charge is 0.146 e. The molecule has 27 heavy (non-hydrogen) atoms. The number of aromatic nitrogens is 1. The number of nitrogens with zero attached hydrogens (tertiary/aromatic N) is 5. The van der Waals surface area contributed by atoms with E-state index in [1.165, 1.54) is 5.56 Å². The van der Waals surface area contributed by atoms with Crippen LogP contribution >= 0.6 is 0 Å². The summed E-state index contributed by atoms with van der Waals surface area (Å²) in [5.41, 5.74) is 3.03. The first kappa shape index (κ1) is 18.6. The molecule has 0 aliphatic carbocycles. The minimum absolute atomic E-state index is 0.353. The Bertz CT molecular complexity index is 779. The van der Waals surface area contributed by atoms with E-state index in [1.807, 2.05) is 6.07 Å². The van der Waals surface area contributed by atoms with Crippen LogP contribution in [0.1, 0.15) is 11.1 Å². The minimum atomic E-state index is 0.353. The van der Waals surface area contributed by atoms with Gasteiger partial charge in [0.15, 0.2) is 0 Å². The van der Waals surface area contributed by atoms with Gasteiger partial charge in [0, 0.05) is 82.6 Å². The number of benzene rings is 1. The predicted molar refractivity (Wildman–Crippen MR) is 109 cm³/mol. The first-order valence-corrected chi connectivity index (χ1v) is 10.0. The third-order valence-corrected chi connectivity index (χ3v) is 6.01. The van der Waals surface area contributed by atoms with E-state index in [2.05, 4.69) is 50.8 Å². The molecule has 146 valence electrons. The van der Waals surface area contributed by atoms with E-state index in [0.29, 0.717) is 5.75 Å². The van der Waals surface area contributed by atoms with Gasteiger partial charge in [-0.1, -0.05) is 6.07 Å². The maximum Gasteiger partial charge on any atom is 0.146 e. The molecule has 0 atom stereocenters.